The van der Waals surface area contributed by atoms with Gasteiger partial charge >= 0.3 is 17.9 Å². The van der Waals surface area contributed by atoms with Crippen molar-refractivity contribution in [1.82, 2.24) is 10.2 Å². The molecule has 10 aromatic rings. The van der Waals surface area contributed by atoms with Crippen molar-refractivity contribution in [2.45, 2.75) is 188 Å². The number of nitrogens with two attached hydrogens (primary N) is 2. The Balaban J connectivity index is 0.000000827. The SMILES string of the molecule is CC(=O)c1ccccc1.CC(=O)c1ccccc1.CC(=O)c1ccccc1.CC(=O)c1ccccc1.CC(=O)c1ccccc1.CCC(CC(C)C(=O)Nc1ccccc1)C(=O)NC(C)C.CCC(CC(C)C(=O)Nc1ccccc1)C(=O)O.CCC(CC(C)C(=O)Nc1ccccc1)C(=O)OCCN.CCC(CC(C)C(=O)Nc1ccccc1)C(=O)OCCN(C)C.CCC(CC(C)C(=O)Nc1ccccc1)C(N)=O. The van der Waals surface area contributed by atoms with Gasteiger partial charge in [0.15, 0.2) is 28.9 Å². The molecule has 7 amide bonds. The second-order valence-electron chi connectivity index (χ2n) is 35.4. The van der Waals surface area contributed by atoms with Crippen molar-refractivity contribution in [2.75, 3.05) is 67.0 Å². The molecule has 10 unspecified atom stereocenters. The fraction of sp³-hybridized carbons (Fsp3) is 0.370. The van der Waals surface area contributed by atoms with E-state index in [0.717, 1.165) is 62.7 Å². The number of carbonyl (C=O) groups is 15. The zero-order chi connectivity index (χ0) is 109. The molecule has 0 aliphatic heterocycles. The minimum absolute atomic E-state index is 0.0341. The molecular weight excluding hydrogens is 1840 g/mol. The van der Waals surface area contributed by atoms with Gasteiger partial charge in [0.1, 0.15) is 13.2 Å². The molecule has 0 radical (unpaired) electrons. The summed E-state index contributed by atoms with van der Waals surface area (Å²) in [5.41, 5.74) is 18.3. The number of hydrogen-bond acceptors (Lipinski definition) is 19. The molecule has 0 fully saturated rings. The molecule has 10 aromatic carbocycles. The standard InChI is InChI=1S/C18H28N2O3.C17H26N2O2.C16H24N2O3.C14H20N2O2.C14H19NO3.5C8H8O/c1-5-15(18(22)23-12-11-20(3)4)13-14(2)17(21)19-16-9-7-6-8-10-16;1-5-14(17(21)18-12(2)3)11-13(4)16(20)19-15-9-7-6-8-10-15;1-3-13(16(20)21-10-9-17)11-12(2)15(19)18-14-7-5-4-6-8-14;1-3-11(13(15)17)9-10(2)14(18)16-12-7-5-4-6-8-12;1-3-11(14(17)18)9-10(2)13(16)15-12-7-5-4-6-8-12;5*1-7(9)8-5-3-2-4-6-8/h6-10,14-15H,5,11-13H2,1-4H3,(H,19,21);6-10,12-14H,5,11H2,1-4H3,(H,18,21)(H,19,20);4-8,12-13H,3,9-11,17H2,1-2H3,(H,18,19);4-8,10-11H,3,9H2,1-2H3,(H2,15,17)(H,16,18);4-8,10-11H,3,9H2,1-2H3,(H,15,16)(H,17,18);5*2-6H,1H3. The second-order valence-corrected chi connectivity index (χ2v) is 35.4. The fourth-order valence-corrected chi connectivity index (χ4v) is 13.3. The predicted octanol–water partition coefficient (Wildman–Crippen LogP) is 22.5. The Kier molecular flexibility index (Phi) is 67.9. The van der Waals surface area contributed by atoms with E-state index in [9.17, 15) is 71.9 Å². The summed E-state index contributed by atoms with van der Waals surface area (Å²) in [5, 5.41) is 26.1. The van der Waals surface area contributed by atoms with Gasteiger partial charge in [0, 0.05) is 117 Å². The van der Waals surface area contributed by atoms with E-state index < -0.39 is 11.9 Å². The Morgan fingerprint density at radius 1 is 0.281 bits per heavy atom. The van der Waals surface area contributed by atoms with Gasteiger partial charge in [0.05, 0.1) is 17.8 Å². The number of likely N-dealkylation sites (N-methyl/N-ethyl adjacent to an activating group) is 1. The maximum absolute atomic E-state index is 12.2. The number of esters is 2. The highest BCUT2D eigenvalue weighted by atomic mass is 16.5. The lowest BCUT2D eigenvalue weighted by Crippen LogP contribution is -2.37. The Morgan fingerprint density at radius 2 is 0.473 bits per heavy atom. The number of rotatable bonds is 41. The van der Waals surface area contributed by atoms with E-state index in [1.165, 1.54) is 0 Å². The normalized spacial score (nSPS) is 12.1. The number of nitrogens with zero attached hydrogens (tertiary/aromatic N) is 1. The van der Waals surface area contributed by atoms with Crippen molar-refractivity contribution >= 4 is 117 Å². The zero-order valence-corrected chi connectivity index (χ0v) is 88.6. The van der Waals surface area contributed by atoms with E-state index in [1.54, 1.807) is 53.7 Å². The van der Waals surface area contributed by atoms with E-state index >= 15 is 0 Å². The number of primary amides is 1. The zero-order valence-electron chi connectivity index (χ0n) is 88.6. The Bertz CT molecular complexity index is 5040. The minimum atomic E-state index is -0.836. The first kappa shape index (κ1) is 129. The summed E-state index contributed by atoms with van der Waals surface area (Å²) in [6, 6.07) is 92.7. The molecule has 0 saturated carbocycles. The van der Waals surface area contributed by atoms with Crippen LogP contribution in [-0.4, -0.2) is 145 Å². The molecule has 27 nitrogen and oxygen atoms in total. The number of nitrogens with one attached hydrogen (secondary N) is 6. The van der Waals surface area contributed by atoms with Gasteiger partial charge in [-0.15, -0.1) is 0 Å². The number of benzene rings is 10. The highest BCUT2D eigenvalue weighted by Crippen LogP contribution is 2.25. The third-order valence-electron chi connectivity index (χ3n) is 22.4. The molecule has 11 N–H and O–H groups in total. The Hall–Kier alpha value is -14.8. The van der Waals surface area contributed by atoms with Crippen molar-refractivity contribution in [2.24, 2.45) is 70.6 Å². The van der Waals surface area contributed by atoms with E-state index in [4.69, 9.17) is 26.0 Å². The number of carboxylic acids is 1. The van der Waals surface area contributed by atoms with Crippen LogP contribution in [0, 0.1) is 59.2 Å². The van der Waals surface area contributed by atoms with Crippen LogP contribution in [0.4, 0.5) is 28.4 Å². The number of carbonyl (C=O) groups excluding carboxylic acids is 14. The van der Waals surface area contributed by atoms with Crippen molar-refractivity contribution in [3.63, 3.8) is 0 Å². The molecule has 10 atom stereocenters. The Morgan fingerprint density at radius 3 is 0.644 bits per heavy atom. The number of amides is 7. The number of ether oxygens (including phenoxy) is 2. The van der Waals surface area contributed by atoms with Gasteiger partial charge in [-0.1, -0.05) is 312 Å². The summed E-state index contributed by atoms with van der Waals surface area (Å²) in [5.74, 6) is -4.04. The van der Waals surface area contributed by atoms with Gasteiger partial charge in [-0.05, 0) is 187 Å². The minimum Gasteiger partial charge on any atom is -0.481 e. The largest absolute Gasteiger partial charge is 0.481 e. The maximum Gasteiger partial charge on any atom is 0.308 e. The number of hydrogen-bond donors (Lipinski definition) is 9. The van der Waals surface area contributed by atoms with Crippen LogP contribution in [0.25, 0.3) is 0 Å². The van der Waals surface area contributed by atoms with Crippen molar-refractivity contribution in [3.05, 3.63) is 331 Å². The predicted molar refractivity (Wildman–Crippen MR) is 585 cm³/mol. The summed E-state index contributed by atoms with van der Waals surface area (Å²) < 4.78 is 10.3. The molecule has 27 heteroatoms. The highest BCUT2D eigenvalue weighted by Gasteiger charge is 2.29. The molecule has 786 valence electrons. The first-order valence-electron chi connectivity index (χ1n) is 49.7. The first-order chi connectivity index (χ1) is 69.6. The summed E-state index contributed by atoms with van der Waals surface area (Å²) in [7, 11) is 3.86. The van der Waals surface area contributed by atoms with Crippen LogP contribution in [0.1, 0.15) is 234 Å². The fourth-order valence-electron chi connectivity index (χ4n) is 13.3. The molecule has 0 aliphatic carbocycles. The molecule has 0 aliphatic rings. The van der Waals surface area contributed by atoms with Crippen molar-refractivity contribution in [3.8, 4) is 0 Å². The van der Waals surface area contributed by atoms with Crippen molar-refractivity contribution in [1.29, 1.82) is 0 Å². The smallest absolute Gasteiger partial charge is 0.308 e. The maximum atomic E-state index is 12.2. The van der Waals surface area contributed by atoms with Crippen LogP contribution in [0.2, 0.25) is 0 Å². The summed E-state index contributed by atoms with van der Waals surface area (Å²) in [4.78, 5) is 174. The summed E-state index contributed by atoms with van der Waals surface area (Å²) >= 11 is 0. The topological polar surface area (TPSA) is 422 Å². The number of aliphatic carboxylic acids is 1. The average Bonchev–Trinajstić information content (AvgIpc) is 0.901. The number of ketones is 5. The molecule has 0 aromatic heterocycles. The van der Waals surface area contributed by atoms with Crippen LogP contribution in [0.3, 0.4) is 0 Å². The van der Waals surface area contributed by atoms with E-state index in [1.807, 2.05) is 386 Å². The van der Waals surface area contributed by atoms with Gasteiger partial charge in [-0.2, -0.15) is 0 Å². The van der Waals surface area contributed by atoms with Crippen LogP contribution < -0.4 is 43.4 Å². The lowest BCUT2D eigenvalue weighted by molar-refractivity contribution is -0.150. The molecule has 10 rings (SSSR count). The molecular formula is C119H157N9O18. The molecule has 0 heterocycles. The van der Waals surface area contributed by atoms with Crippen molar-refractivity contribution < 1.29 is 86.5 Å². The molecule has 0 bridgehead atoms. The van der Waals surface area contributed by atoms with Crippen LogP contribution in [0.15, 0.2) is 303 Å². The van der Waals surface area contributed by atoms with Gasteiger partial charge in [0.25, 0.3) is 0 Å². The lowest BCUT2D eigenvalue weighted by atomic mass is 9.92. The number of Topliss-reactive ketones (excluding diaryl/α,β-unsaturated/α-hetero) is 5. The number of para-hydroxylation sites is 5. The monoisotopic (exact) mass is 2000 g/mol. The number of anilines is 5. The third kappa shape index (κ3) is 59.3. The number of carboxylic acid groups (broad SMARTS) is 1. The lowest BCUT2D eigenvalue weighted by Gasteiger charge is -2.20. The third-order valence-corrected chi connectivity index (χ3v) is 22.4. The summed E-state index contributed by atoms with van der Waals surface area (Å²) in [6.07, 6.45) is 5.64. The van der Waals surface area contributed by atoms with E-state index in [0.29, 0.717) is 77.5 Å². The van der Waals surface area contributed by atoms with Crippen LogP contribution in [-0.2, 0) is 57.4 Å². The van der Waals surface area contributed by atoms with Gasteiger partial charge in [-0.3, -0.25) is 71.9 Å². The van der Waals surface area contributed by atoms with Gasteiger partial charge in [-0.25, -0.2) is 0 Å². The van der Waals surface area contributed by atoms with Crippen LogP contribution in [0.5, 0.6) is 0 Å². The van der Waals surface area contributed by atoms with Crippen LogP contribution >= 0.6 is 0 Å². The quantitative estimate of drug-likeness (QED) is 0.0127. The Labute approximate surface area is 865 Å². The van der Waals surface area contributed by atoms with E-state index in [-0.39, 0.29) is 148 Å². The van der Waals surface area contributed by atoms with E-state index in [2.05, 4.69) is 31.9 Å². The van der Waals surface area contributed by atoms with Gasteiger partial charge < -0.3 is 62.8 Å². The van der Waals surface area contributed by atoms with Gasteiger partial charge in [0.2, 0.25) is 41.4 Å². The molecule has 146 heavy (non-hydrogen) atoms. The first-order valence-corrected chi connectivity index (χ1v) is 49.7. The molecule has 0 spiro atoms. The average molecular weight is 2000 g/mol. The molecule has 0 saturated heterocycles. The highest BCUT2D eigenvalue weighted by molar-refractivity contribution is 5.98. The summed E-state index contributed by atoms with van der Waals surface area (Å²) in [6.45, 7) is 32.0. The second kappa shape index (κ2) is 76.8.